The van der Waals surface area contributed by atoms with Crippen molar-refractivity contribution in [2.24, 2.45) is 5.73 Å². The van der Waals surface area contributed by atoms with Crippen molar-refractivity contribution < 1.29 is 13.9 Å². The molecule has 2 atom stereocenters. The number of hydrogen-bond donors (Lipinski definition) is 3. The molecule has 8 heteroatoms. The third kappa shape index (κ3) is 3.96. The first-order valence-electron chi connectivity index (χ1n) is 10.9. The van der Waals surface area contributed by atoms with Crippen LogP contribution in [0.25, 0.3) is 33.5 Å². The molecule has 1 aliphatic heterocycles. The number of nitrogens with one attached hydrogen (secondary N) is 1. The molecule has 4 aromatic rings. The molecule has 0 spiro atoms. The number of imidazole rings is 1. The zero-order valence-corrected chi connectivity index (χ0v) is 18.4. The van der Waals surface area contributed by atoms with Gasteiger partial charge in [0.05, 0.1) is 28.4 Å². The first kappa shape index (κ1) is 21.5. The summed E-state index contributed by atoms with van der Waals surface area (Å²) in [6.45, 7) is 4.91. The molecule has 2 aromatic carbocycles. The average Bonchev–Trinajstić information content (AvgIpc) is 3.19. The van der Waals surface area contributed by atoms with Crippen molar-refractivity contribution in [1.29, 1.82) is 0 Å². The Labute approximate surface area is 190 Å². The molecule has 1 aliphatic rings. The van der Waals surface area contributed by atoms with Crippen molar-refractivity contribution in [1.82, 2.24) is 15.0 Å². The number of aromatic amines is 1. The number of H-pyrrole nitrogens is 1. The van der Waals surface area contributed by atoms with Crippen molar-refractivity contribution in [3.05, 3.63) is 65.5 Å². The van der Waals surface area contributed by atoms with Crippen LogP contribution in [-0.4, -0.2) is 45.3 Å². The van der Waals surface area contributed by atoms with Gasteiger partial charge in [0.1, 0.15) is 17.5 Å². The minimum absolute atomic E-state index is 0.293. The third-order valence-electron chi connectivity index (χ3n) is 6.22. The van der Waals surface area contributed by atoms with Gasteiger partial charge in [-0.1, -0.05) is 6.07 Å². The summed E-state index contributed by atoms with van der Waals surface area (Å²) >= 11 is 0. The molecule has 5 rings (SSSR count). The van der Waals surface area contributed by atoms with Gasteiger partial charge in [0.25, 0.3) is 0 Å². The number of aromatic nitrogens is 3. The van der Waals surface area contributed by atoms with E-state index in [4.69, 9.17) is 10.7 Å². The number of anilines is 1. The fourth-order valence-electron chi connectivity index (χ4n) is 4.64. The van der Waals surface area contributed by atoms with Gasteiger partial charge in [0.15, 0.2) is 0 Å². The van der Waals surface area contributed by atoms with Gasteiger partial charge in [-0.15, -0.1) is 0 Å². The fraction of sp³-hybridized carbons (Fsp3) is 0.280. The number of fused-ring (bicyclic) bond motifs is 1. The lowest BCUT2D eigenvalue weighted by Crippen LogP contribution is -2.50. The first-order chi connectivity index (χ1) is 15.8. The van der Waals surface area contributed by atoms with Crippen LogP contribution in [0, 0.1) is 25.5 Å². The van der Waals surface area contributed by atoms with Crippen molar-refractivity contribution in [2.75, 3.05) is 18.0 Å². The van der Waals surface area contributed by atoms with Crippen LogP contribution >= 0.6 is 0 Å². The standard InChI is InChI=1S/C25H25F2N5O/c1-13-5-14(2)23-21(6-13)30-25(31-23)19-11-29-10-18(15-7-16(26)9-17(27)8-15)24(19)32-4-3-20(28)22(33)12-32/h5-11,20,22,33H,3-4,12,28H2,1-2H3,(H,30,31)/t20-,22+/m1/s1. The Bertz CT molecular complexity index is 1330. The van der Waals surface area contributed by atoms with E-state index in [0.717, 1.165) is 28.2 Å². The molecule has 3 heterocycles. The summed E-state index contributed by atoms with van der Waals surface area (Å²) in [6, 6.07) is 7.19. The molecule has 6 nitrogen and oxygen atoms in total. The number of nitrogens with zero attached hydrogens (tertiary/aromatic N) is 3. The van der Waals surface area contributed by atoms with Crippen LogP contribution in [0.5, 0.6) is 0 Å². The number of aliphatic hydroxyl groups excluding tert-OH is 1. The number of β-amino-alcohol motifs (C(OH)–C–C–N with tert-alkyl or cyclic N) is 1. The minimum atomic E-state index is -0.725. The number of aliphatic hydroxyl groups is 1. The fourth-order valence-corrected chi connectivity index (χ4v) is 4.64. The Morgan fingerprint density at radius 3 is 2.52 bits per heavy atom. The maximum absolute atomic E-state index is 14.1. The summed E-state index contributed by atoms with van der Waals surface area (Å²) < 4.78 is 28.2. The van der Waals surface area contributed by atoms with Gasteiger partial charge in [0.2, 0.25) is 0 Å². The van der Waals surface area contributed by atoms with Crippen molar-refractivity contribution in [2.45, 2.75) is 32.4 Å². The zero-order valence-electron chi connectivity index (χ0n) is 18.4. The molecular weight excluding hydrogens is 424 g/mol. The Morgan fingerprint density at radius 1 is 1.06 bits per heavy atom. The normalized spacial score (nSPS) is 18.8. The summed E-state index contributed by atoms with van der Waals surface area (Å²) in [7, 11) is 0. The Hall–Kier alpha value is -3.36. The van der Waals surface area contributed by atoms with Gasteiger partial charge < -0.3 is 20.7 Å². The lowest BCUT2D eigenvalue weighted by Gasteiger charge is -2.37. The number of benzene rings is 2. The van der Waals surface area contributed by atoms with Gasteiger partial charge in [-0.3, -0.25) is 4.98 Å². The van der Waals surface area contributed by atoms with Gasteiger partial charge >= 0.3 is 0 Å². The van der Waals surface area contributed by atoms with Crippen molar-refractivity contribution >= 4 is 16.7 Å². The number of nitrogens with two attached hydrogens (primary N) is 1. The van der Waals surface area contributed by atoms with Gasteiger partial charge in [0, 0.05) is 43.2 Å². The van der Waals surface area contributed by atoms with E-state index in [-0.39, 0.29) is 6.04 Å². The summed E-state index contributed by atoms with van der Waals surface area (Å²) in [5.74, 6) is -0.738. The van der Waals surface area contributed by atoms with Crippen LogP contribution < -0.4 is 10.6 Å². The molecule has 0 bridgehead atoms. The van der Waals surface area contributed by atoms with E-state index in [1.165, 1.54) is 12.1 Å². The van der Waals surface area contributed by atoms with Crippen molar-refractivity contribution in [3.8, 4) is 22.5 Å². The molecule has 1 fully saturated rings. The third-order valence-corrected chi connectivity index (χ3v) is 6.22. The zero-order chi connectivity index (χ0) is 23.3. The highest BCUT2D eigenvalue weighted by atomic mass is 19.1. The number of pyridine rings is 1. The van der Waals surface area contributed by atoms with Gasteiger partial charge in [-0.2, -0.15) is 0 Å². The van der Waals surface area contributed by atoms with Crippen LogP contribution in [0.15, 0.2) is 42.7 Å². The predicted molar refractivity (Wildman–Crippen MR) is 125 cm³/mol. The topological polar surface area (TPSA) is 91.1 Å². The smallest absolute Gasteiger partial charge is 0.142 e. The minimum Gasteiger partial charge on any atom is -0.390 e. The number of piperidine rings is 1. The van der Waals surface area contributed by atoms with Crippen LogP contribution in [0.4, 0.5) is 14.5 Å². The molecule has 0 radical (unpaired) electrons. The van der Waals surface area contributed by atoms with Crippen LogP contribution in [0.1, 0.15) is 17.5 Å². The van der Waals surface area contributed by atoms with E-state index in [2.05, 4.69) is 16.0 Å². The van der Waals surface area contributed by atoms with E-state index in [1.54, 1.807) is 12.4 Å². The summed E-state index contributed by atoms with van der Waals surface area (Å²) in [4.78, 5) is 14.6. The number of halogens is 2. The molecule has 4 N–H and O–H groups in total. The monoisotopic (exact) mass is 449 g/mol. The molecule has 0 aliphatic carbocycles. The maximum atomic E-state index is 14.1. The summed E-state index contributed by atoms with van der Waals surface area (Å²) in [5, 5.41) is 10.5. The Morgan fingerprint density at radius 2 is 1.79 bits per heavy atom. The first-order valence-corrected chi connectivity index (χ1v) is 10.9. The van der Waals surface area contributed by atoms with E-state index < -0.39 is 17.7 Å². The molecule has 0 amide bonds. The second kappa shape index (κ2) is 8.20. The quantitative estimate of drug-likeness (QED) is 0.438. The predicted octanol–water partition coefficient (Wildman–Crippen LogP) is 4.09. The van der Waals surface area contributed by atoms with E-state index >= 15 is 0 Å². The lowest BCUT2D eigenvalue weighted by atomic mass is 9.97. The van der Waals surface area contributed by atoms with E-state index in [1.807, 2.05) is 24.8 Å². The number of hydrogen-bond acceptors (Lipinski definition) is 5. The summed E-state index contributed by atoms with van der Waals surface area (Å²) in [5.41, 5.74) is 12.3. The van der Waals surface area contributed by atoms with Crippen LogP contribution in [-0.2, 0) is 0 Å². The Kier molecular flexibility index (Phi) is 5.34. The molecule has 0 saturated carbocycles. The molecule has 0 unspecified atom stereocenters. The van der Waals surface area contributed by atoms with Gasteiger partial charge in [-0.25, -0.2) is 13.8 Å². The Balaban J connectivity index is 1.74. The second-order valence-corrected chi connectivity index (χ2v) is 8.77. The highest BCUT2D eigenvalue weighted by Crippen LogP contribution is 2.40. The highest BCUT2D eigenvalue weighted by Gasteiger charge is 2.29. The van der Waals surface area contributed by atoms with E-state index in [0.29, 0.717) is 47.7 Å². The second-order valence-electron chi connectivity index (χ2n) is 8.77. The number of aryl methyl sites for hydroxylation is 2. The van der Waals surface area contributed by atoms with E-state index in [9.17, 15) is 13.9 Å². The van der Waals surface area contributed by atoms with Crippen LogP contribution in [0.2, 0.25) is 0 Å². The SMILES string of the molecule is Cc1cc(C)c2nc(-c3cncc(-c4cc(F)cc(F)c4)c3N3CC[C@@H](N)[C@@H](O)C3)[nH]c2c1. The molecule has 33 heavy (non-hydrogen) atoms. The number of rotatable bonds is 3. The van der Waals surface area contributed by atoms with Crippen LogP contribution in [0.3, 0.4) is 0 Å². The van der Waals surface area contributed by atoms with Gasteiger partial charge in [-0.05, 0) is 55.2 Å². The average molecular weight is 450 g/mol. The summed E-state index contributed by atoms with van der Waals surface area (Å²) in [6.07, 6.45) is 3.14. The molecule has 2 aromatic heterocycles. The molecular formula is C25H25F2N5O. The molecule has 170 valence electrons. The highest BCUT2D eigenvalue weighted by molar-refractivity contribution is 5.91. The largest absolute Gasteiger partial charge is 0.390 e. The lowest BCUT2D eigenvalue weighted by molar-refractivity contribution is 0.132. The van der Waals surface area contributed by atoms with Crippen molar-refractivity contribution in [3.63, 3.8) is 0 Å². The maximum Gasteiger partial charge on any atom is 0.142 e. The molecule has 1 saturated heterocycles.